The zero-order chi connectivity index (χ0) is 9.52. The topological polar surface area (TPSA) is 50.1 Å². The Hall–Kier alpha value is -0.870. The van der Waals surface area contributed by atoms with Crippen molar-refractivity contribution in [1.29, 1.82) is 0 Å². The fraction of sp³-hybridized carbons (Fsp3) is 0.667. The molecule has 74 valence electrons. The number of imidazole rings is 1. The minimum Gasteiger partial charge on any atom is -0.395 e. The van der Waals surface area contributed by atoms with Gasteiger partial charge in [-0.25, -0.2) is 4.98 Å². The van der Waals surface area contributed by atoms with Crippen molar-refractivity contribution in [1.82, 2.24) is 14.9 Å². The summed E-state index contributed by atoms with van der Waals surface area (Å²) in [6, 6.07) is 0. The molecule has 0 spiro atoms. The summed E-state index contributed by atoms with van der Waals surface area (Å²) in [4.78, 5) is 4.20. The second kappa shape index (κ2) is 5.72. The van der Waals surface area contributed by atoms with E-state index in [4.69, 9.17) is 5.11 Å². The fourth-order valence-electron chi connectivity index (χ4n) is 1.20. The number of aliphatic hydroxyl groups excluding tert-OH is 1. The Balaban J connectivity index is 2.40. The van der Waals surface area contributed by atoms with E-state index >= 15 is 0 Å². The molecule has 0 aromatic carbocycles. The molecule has 1 aromatic rings. The normalized spacial score (nSPS) is 10.6. The molecule has 0 atom stereocenters. The van der Waals surface area contributed by atoms with Gasteiger partial charge in [0.25, 0.3) is 0 Å². The van der Waals surface area contributed by atoms with E-state index in [1.54, 1.807) is 6.20 Å². The summed E-state index contributed by atoms with van der Waals surface area (Å²) in [5.74, 6) is 0.988. The van der Waals surface area contributed by atoms with Gasteiger partial charge in [-0.05, 0) is 13.0 Å². The Bertz CT molecular complexity index is 235. The molecular formula is C9H17N3O. The van der Waals surface area contributed by atoms with E-state index in [1.165, 1.54) is 0 Å². The number of nitrogens with one attached hydrogen (secondary N) is 1. The van der Waals surface area contributed by atoms with Gasteiger partial charge in [-0.1, -0.05) is 6.92 Å². The molecule has 0 aliphatic heterocycles. The van der Waals surface area contributed by atoms with Crippen LogP contribution in [0.25, 0.3) is 0 Å². The minimum atomic E-state index is 0.164. The second-order valence-corrected chi connectivity index (χ2v) is 2.94. The Morgan fingerprint density at radius 1 is 1.62 bits per heavy atom. The van der Waals surface area contributed by atoms with Gasteiger partial charge in [0.2, 0.25) is 0 Å². The molecule has 0 saturated carbocycles. The van der Waals surface area contributed by atoms with E-state index < -0.39 is 0 Å². The average molecular weight is 183 g/mol. The average Bonchev–Trinajstić information content (AvgIpc) is 2.54. The second-order valence-electron chi connectivity index (χ2n) is 2.94. The van der Waals surface area contributed by atoms with Gasteiger partial charge in [-0.2, -0.15) is 0 Å². The first-order chi connectivity index (χ1) is 6.38. The van der Waals surface area contributed by atoms with E-state index in [0.29, 0.717) is 6.54 Å². The number of aromatic nitrogens is 2. The lowest BCUT2D eigenvalue weighted by molar-refractivity contribution is 0.273. The van der Waals surface area contributed by atoms with Crippen molar-refractivity contribution in [3.05, 3.63) is 18.2 Å². The molecule has 0 aliphatic rings. The first-order valence-corrected chi connectivity index (χ1v) is 4.70. The lowest BCUT2D eigenvalue weighted by atomic mass is 10.4. The molecular weight excluding hydrogens is 166 g/mol. The summed E-state index contributed by atoms with van der Waals surface area (Å²) >= 11 is 0. The molecule has 1 heterocycles. The van der Waals surface area contributed by atoms with Crippen molar-refractivity contribution in [2.45, 2.75) is 26.4 Å². The van der Waals surface area contributed by atoms with Crippen LogP contribution in [0.1, 0.15) is 19.2 Å². The quantitative estimate of drug-likeness (QED) is 0.627. The van der Waals surface area contributed by atoms with Crippen molar-refractivity contribution in [3.63, 3.8) is 0 Å². The summed E-state index contributed by atoms with van der Waals surface area (Å²) in [5, 5.41) is 12.0. The number of hydrogen-bond acceptors (Lipinski definition) is 3. The highest BCUT2D eigenvalue weighted by Gasteiger charge is 1.99. The van der Waals surface area contributed by atoms with Crippen molar-refractivity contribution in [2.24, 2.45) is 0 Å². The first-order valence-electron chi connectivity index (χ1n) is 4.70. The van der Waals surface area contributed by atoms with Crippen LogP contribution >= 0.6 is 0 Å². The molecule has 2 N–H and O–H groups in total. The van der Waals surface area contributed by atoms with Crippen LogP contribution in [0.2, 0.25) is 0 Å². The molecule has 0 radical (unpaired) electrons. The fourth-order valence-corrected chi connectivity index (χ4v) is 1.20. The molecule has 0 bridgehead atoms. The van der Waals surface area contributed by atoms with Gasteiger partial charge in [0.15, 0.2) is 0 Å². The van der Waals surface area contributed by atoms with Gasteiger partial charge in [0, 0.05) is 18.9 Å². The Kier molecular flexibility index (Phi) is 4.49. The molecule has 0 unspecified atom stereocenters. The van der Waals surface area contributed by atoms with Gasteiger partial charge in [-0.15, -0.1) is 0 Å². The molecule has 0 fully saturated rings. The van der Waals surface area contributed by atoms with Crippen molar-refractivity contribution < 1.29 is 5.11 Å². The lowest BCUT2D eigenvalue weighted by Gasteiger charge is -2.06. The summed E-state index contributed by atoms with van der Waals surface area (Å²) in [5.41, 5.74) is 0. The Labute approximate surface area is 78.6 Å². The largest absolute Gasteiger partial charge is 0.395 e. The monoisotopic (exact) mass is 183 g/mol. The first kappa shape index (κ1) is 10.2. The van der Waals surface area contributed by atoms with Gasteiger partial charge >= 0.3 is 0 Å². The highest BCUT2D eigenvalue weighted by molar-refractivity contribution is 4.91. The smallest absolute Gasteiger partial charge is 0.122 e. The molecule has 4 heteroatoms. The summed E-state index contributed by atoms with van der Waals surface area (Å²) < 4.78 is 1.96. The van der Waals surface area contributed by atoms with Gasteiger partial charge in [0.1, 0.15) is 5.82 Å². The van der Waals surface area contributed by atoms with Crippen molar-refractivity contribution in [2.75, 3.05) is 13.2 Å². The molecule has 4 nitrogen and oxygen atoms in total. The maximum atomic E-state index is 8.77. The van der Waals surface area contributed by atoms with E-state index in [2.05, 4.69) is 17.2 Å². The summed E-state index contributed by atoms with van der Waals surface area (Å²) in [7, 11) is 0. The van der Waals surface area contributed by atoms with E-state index in [1.807, 2.05) is 10.8 Å². The third-order valence-corrected chi connectivity index (χ3v) is 1.85. The maximum absolute atomic E-state index is 8.77. The van der Waals surface area contributed by atoms with Crippen molar-refractivity contribution >= 4 is 0 Å². The van der Waals surface area contributed by atoms with Crippen LogP contribution in [0.3, 0.4) is 0 Å². The Morgan fingerprint density at radius 2 is 2.46 bits per heavy atom. The molecule has 1 aromatic heterocycles. The van der Waals surface area contributed by atoms with Crippen LogP contribution in [0.15, 0.2) is 12.4 Å². The third kappa shape index (κ3) is 3.16. The molecule has 0 saturated heterocycles. The number of rotatable bonds is 6. The van der Waals surface area contributed by atoms with Gasteiger partial charge in [-0.3, -0.25) is 0 Å². The summed E-state index contributed by atoms with van der Waals surface area (Å²) in [6.07, 6.45) is 4.78. The third-order valence-electron chi connectivity index (χ3n) is 1.85. The van der Waals surface area contributed by atoms with E-state index in [-0.39, 0.29) is 6.61 Å². The molecule has 1 rings (SSSR count). The predicted molar refractivity (Wildman–Crippen MR) is 51.3 cm³/mol. The number of aliphatic hydroxyl groups is 1. The zero-order valence-corrected chi connectivity index (χ0v) is 8.03. The molecule has 0 amide bonds. The van der Waals surface area contributed by atoms with Gasteiger partial charge < -0.3 is 15.0 Å². The van der Waals surface area contributed by atoms with Crippen LogP contribution < -0.4 is 5.32 Å². The zero-order valence-electron chi connectivity index (χ0n) is 8.03. The standard InChI is InChI=1S/C9H17N3O/c1-2-3-10-8-9-11-4-5-12(9)6-7-13/h4-5,10,13H,2-3,6-8H2,1H3. The number of nitrogens with zero attached hydrogens (tertiary/aromatic N) is 2. The van der Waals surface area contributed by atoms with Crippen LogP contribution in [0.4, 0.5) is 0 Å². The molecule has 13 heavy (non-hydrogen) atoms. The number of hydrogen-bond donors (Lipinski definition) is 2. The SMILES string of the molecule is CCCNCc1nccn1CCO. The highest BCUT2D eigenvalue weighted by Crippen LogP contribution is 1.96. The minimum absolute atomic E-state index is 0.164. The highest BCUT2D eigenvalue weighted by atomic mass is 16.3. The summed E-state index contributed by atoms with van der Waals surface area (Å²) in [6.45, 7) is 4.71. The van der Waals surface area contributed by atoms with E-state index in [0.717, 1.165) is 25.3 Å². The molecule has 0 aliphatic carbocycles. The van der Waals surface area contributed by atoms with E-state index in [9.17, 15) is 0 Å². The van der Waals surface area contributed by atoms with Crippen molar-refractivity contribution in [3.8, 4) is 0 Å². The van der Waals surface area contributed by atoms with Gasteiger partial charge in [0.05, 0.1) is 13.2 Å². The van der Waals surface area contributed by atoms with Crippen LogP contribution in [0, 0.1) is 0 Å². The van der Waals surface area contributed by atoms with Crippen LogP contribution in [0.5, 0.6) is 0 Å². The maximum Gasteiger partial charge on any atom is 0.122 e. The van der Waals surface area contributed by atoms with Crippen LogP contribution in [-0.4, -0.2) is 27.8 Å². The lowest BCUT2D eigenvalue weighted by Crippen LogP contribution is -2.18. The van der Waals surface area contributed by atoms with Crippen LogP contribution in [-0.2, 0) is 13.1 Å². The Morgan fingerprint density at radius 3 is 3.15 bits per heavy atom. The predicted octanol–water partition coefficient (Wildman–Crippen LogP) is 0.375.